The fourth-order valence-electron chi connectivity index (χ4n) is 2.44. The van der Waals surface area contributed by atoms with Crippen molar-refractivity contribution in [2.45, 2.75) is 39.5 Å². The summed E-state index contributed by atoms with van der Waals surface area (Å²) < 4.78 is 26.8. The van der Waals surface area contributed by atoms with Gasteiger partial charge >= 0.3 is 0 Å². The number of nitrogens with zero attached hydrogens (tertiary/aromatic N) is 1. The lowest BCUT2D eigenvalue weighted by molar-refractivity contribution is 0.598. The molecule has 0 radical (unpaired) electrons. The highest BCUT2D eigenvalue weighted by Crippen LogP contribution is 2.26. The lowest BCUT2D eigenvalue weighted by Gasteiger charge is -2.20. The molecule has 1 aromatic carbocycles. The van der Waals surface area contributed by atoms with Crippen LogP contribution in [0.2, 0.25) is 0 Å². The number of aryl methyl sites for hydroxylation is 1. The molecule has 0 unspecified atom stereocenters. The number of rotatable bonds is 6. The standard InChI is InChI=1S/C15H24N2O2S/c1-3-4-11-20(18,19)16-15-12-14(8-7-13(15)2)17-9-5-6-10-17/h7-8,12,16H,3-6,9-11H2,1-2H3. The van der Waals surface area contributed by atoms with Gasteiger partial charge in [-0.05, 0) is 43.9 Å². The van der Waals surface area contributed by atoms with Gasteiger partial charge in [0.25, 0.3) is 0 Å². The molecular formula is C15H24N2O2S. The summed E-state index contributed by atoms with van der Waals surface area (Å²) in [4.78, 5) is 2.31. The first-order chi connectivity index (χ1) is 9.52. The molecule has 0 bridgehead atoms. The van der Waals surface area contributed by atoms with E-state index < -0.39 is 10.0 Å². The van der Waals surface area contributed by atoms with E-state index >= 15 is 0 Å². The summed E-state index contributed by atoms with van der Waals surface area (Å²) in [5.74, 6) is 0.191. The summed E-state index contributed by atoms with van der Waals surface area (Å²) in [6.07, 6.45) is 4.00. The van der Waals surface area contributed by atoms with E-state index in [9.17, 15) is 8.42 Å². The summed E-state index contributed by atoms with van der Waals surface area (Å²) in [6.45, 7) is 6.05. The minimum absolute atomic E-state index is 0.191. The molecule has 0 aromatic heterocycles. The van der Waals surface area contributed by atoms with Gasteiger partial charge in [-0.25, -0.2) is 8.42 Å². The van der Waals surface area contributed by atoms with Gasteiger partial charge < -0.3 is 4.90 Å². The van der Waals surface area contributed by atoms with Gasteiger partial charge in [0.2, 0.25) is 10.0 Å². The zero-order valence-corrected chi connectivity index (χ0v) is 13.2. The summed E-state index contributed by atoms with van der Waals surface area (Å²) in [5.41, 5.74) is 2.79. The molecule has 1 aliphatic heterocycles. The minimum atomic E-state index is -3.23. The molecule has 112 valence electrons. The van der Waals surface area contributed by atoms with Crippen molar-refractivity contribution in [1.82, 2.24) is 0 Å². The normalized spacial score (nSPS) is 15.6. The van der Waals surface area contributed by atoms with Gasteiger partial charge in [0, 0.05) is 18.8 Å². The summed E-state index contributed by atoms with van der Waals surface area (Å²) >= 11 is 0. The van der Waals surface area contributed by atoms with Crippen LogP contribution in [0, 0.1) is 6.92 Å². The number of nitrogens with one attached hydrogen (secondary N) is 1. The SMILES string of the molecule is CCCCS(=O)(=O)Nc1cc(N2CCCC2)ccc1C. The van der Waals surface area contributed by atoms with Crippen molar-refractivity contribution in [3.63, 3.8) is 0 Å². The Morgan fingerprint density at radius 3 is 2.60 bits per heavy atom. The fourth-order valence-corrected chi connectivity index (χ4v) is 3.77. The van der Waals surface area contributed by atoms with Gasteiger partial charge in [-0.3, -0.25) is 4.72 Å². The molecule has 20 heavy (non-hydrogen) atoms. The Morgan fingerprint density at radius 2 is 1.95 bits per heavy atom. The number of hydrogen-bond acceptors (Lipinski definition) is 3. The van der Waals surface area contributed by atoms with Crippen molar-refractivity contribution in [2.24, 2.45) is 0 Å². The van der Waals surface area contributed by atoms with Gasteiger partial charge in [0.15, 0.2) is 0 Å². The Morgan fingerprint density at radius 1 is 1.25 bits per heavy atom. The van der Waals surface area contributed by atoms with Crippen LogP contribution in [0.25, 0.3) is 0 Å². The first kappa shape index (κ1) is 15.2. The molecule has 0 saturated carbocycles. The zero-order valence-electron chi connectivity index (χ0n) is 12.4. The van der Waals surface area contributed by atoms with E-state index in [4.69, 9.17) is 0 Å². The average molecular weight is 296 g/mol. The first-order valence-corrected chi connectivity index (χ1v) is 9.03. The Balaban J connectivity index is 2.16. The van der Waals surface area contributed by atoms with Crippen LogP contribution in [-0.4, -0.2) is 27.3 Å². The van der Waals surface area contributed by atoms with Crippen molar-refractivity contribution in [3.05, 3.63) is 23.8 Å². The second-order valence-corrected chi connectivity index (χ2v) is 7.31. The van der Waals surface area contributed by atoms with E-state index in [-0.39, 0.29) is 5.75 Å². The van der Waals surface area contributed by atoms with Crippen LogP contribution in [0.1, 0.15) is 38.2 Å². The summed E-state index contributed by atoms with van der Waals surface area (Å²) in [6, 6.07) is 6.03. The third kappa shape index (κ3) is 3.88. The molecule has 5 heteroatoms. The largest absolute Gasteiger partial charge is 0.371 e. The molecule has 0 aliphatic carbocycles. The quantitative estimate of drug-likeness (QED) is 0.877. The summed E-state index contributed by atoms with van der Waals surface area (Å²) in [5, 5.41) is 0. The number of unbranched alkanes of at least 4 members (excludes halogenated alkanes) is 1. The highest BCUT2D eigenvalue weighted by Gasteiger charge is 2.15. The molecular weight excluding hydrogens is 272 g/mol. The van der Waals surface area contributed by atoms with Crippen LogP contribution < -0.4 is 9.62 Å². The zero-order chi connectivity index (χ0) is 14.6. The lowest BCUT2D eigenvalue weighted by Crippen LogP contribution is -2.20. The van der Waals surface area contributed by atoms with Crippen molar-refractivity contribution in [3.8, 4) is 0 Å². The van der Waals surface area contributed by atoms with E-state index in [0.717, 1.165) is 30.8 Å². The van der Waals surface area contributed by atoms with Gasteiger partial charge in [0.05, 0.1) is 11.4 Å². The molecule has 0 amide bonds. The van der Waals surface area contributed by atoms with Gasteiger partial charge in [-0.15, -0.1) is 0 Å². The number of hydrogen-bond donors (Lipinski definition) is 1. The van der Waals surface area contributed by atoms with E-state index in [0.29, 0.717) is 12.1 Å². The molecule has 1 heterocycles. The molecule has 0 atom stereocenters. The highest BCUT2D eigenvalue weighted by molar-refractivity contribution is 7.92. The van der Waals surface area contributed by atoms with Gasteiger partial charge in [0.1, 0.15) is 0 Å². The maximum absolute atomic E-state index is 12.0. The number of benzene rings is 1. The van der Waals surface area contributed by atoms with E-state index in [1.807, 2.05) is 26.0 Å². The van der Waals surface area contributed by atoms with E-state index in [1.54, 1.807) is 0 Å². The van der Waals surface area contributed by atoms with Crippen LogP contribution in [0.3, 0.4) is 0 Å². The second-order valence-electron chi connectivity index (χ2n) is 5.47. The van der Waals surface area contributed by atoms with Crippen LogP contribution >= 0.6 is 0 Å². The van der Waals surface area contributed by atoms with Crippen LogP contribution in [-0.2, 0) is 10.0 Å². The smallest absolute Gasteiger partial charge is 0.232 e. The molecule has 2 rings (SSSR count). The molecule has 4 nitrogen and oxygen atoms in total. The number of sulfonamides is 1. The van der Waals surface area contributed by atoms with Crippen molar-refractivity contribution < 1.29 is 8.42 Å². The van der Waals surface area contributed by atoms with E-state index in [2.05, 4.69) is 15.7 Å². The lowest BCUT2D eigenvalue weighted by atomic mass is 10.2. The van der Waals surface area contributed by atoms with Crippen molar-refractivity contribution >= 4 is 21.4 Å². The molecule has 1 aliphatic rings. The Bertz CT molecular complexity index is 549. The van der Waals surface area contributed by atoms with Crippen molar-refractivity contribution in [2.75, 3.05) is 28.5 Å². The molecule has 1 aromatic rings. The van der Waals surface area contributed by atoms with Crippen LogP contribution in [0.15, 0.2) is 18.2 Å². The maximum atomic E-state index is 12.0. The minimum Gasteiger partial charge on any atom is -0.371 e. The molecule has 0 spiro atoms. The van der Waals surface area contributed by atoms with Crippen molar-refractivity contribution in [1.29, 1.82) is 0 Å². The van der Waals surface area contributed by atoms with E-state index in [1.165, 1.54) is 12.8 Å². The molecule has 1 N–H and O–H groups in total. The Labute approximate surface area is 122 Å². The monoisotopic (exact) mass is 296 g/mol. The van der Waals surface area contributed by atoms with Gasteiger partial charge in [-0.2, -0.15) is 0 Å². The van der Waals surface area contributed by atoms with Crippen LogP contribution in [0.4, 0.5) is 11.4 Å². The second kappa shape index (κ2) is 6.48. The summed E-state index contributed by atoms with van der Waals surface area (Å²) in [7, 11) is -3.23. The van der Waals surface area contributed by atoms with Crippen LogP contribution in [0.5, 0.6) is 0 Å². The third-order valence-electron chi connectivity index (χ3n) is 3.72. The Kier molecular flexibility index (Phi) is 4.91. The predicted octanol–water partition coefficient (Wildman–Crippen LogP) is 3.14. The molecule has 1 fully saturated rings. The molecule has 1 saturated heterocycles. The Hall–Kier alpha value is -1.23. The highest BCUT2D eigenvalue weighted by atomic mass is 32.2. The fraction of sp³-hybridized carbons (Fsp3) is 0.600. The average Bonchev–Trinajstić information content (AvgIpc) is 2.93. The first-order valence-electron chi connectivity index (χ1n) is 7.38. The third-order valence-corrected chi connectivity index (χ3v) is 5.08. The topological polar surface area (TPSA) is 49.4 Å². The van der Waals surface area contributed by atoms with Gasteiger partial charge in [-0.1, -0.05) is 19.4 Å². The predicted molar refractivity (Wildman–Crippen MR) is 84.9 cm³/mol. The maximum Gasteiger partial charge on any atom is 0.232 e. The number of anilines is 2.